The van der Waals surface area contributed by atoms with Gasteiger partial charge in [-0.15, -0.1) is 11.3 Å². The maximum absolute atomic E-state index is 12.3. The lowest BCUT2D eigenvalue weighted by molar-refractivity contribution is 0.102. The highest BCUT2D eigenvalue weighted by Gasteiger charge is 2.14. The molecule has 0 bridgehead atoms. The van der Waals surface area contributed by atoms with E-state index in [4.69, 9.17) is 23.2 Å². The van der Waals surface area contributed by atoms with Gasteiger partial charge in [-0.2, -0.15) is 0 Å². The Balaban J connectivity index is 1.74. The SMILES string of the molecule is O=C(Nc1cccc(Br)c1)c1csc(Cc2c(Cl)cccc2Cl)n1. The molecule has 3 rings (SSSR count). The molecule has 1 amide bonds. The Morgan fingerprint density at radius 2 is 1.88 bits per heavy atom. The molecule has 2 aromatic carbocycles. The number of aromatic nitrogens is 1. The number of benzene rings is 2. The molecule has 0 saturated heterocycles. The first-order chi connectivity index (χ1) is 11.5. The van der Waals surface area contributed by atoms with Crippen molar-refractivity contribution in [3.8, 4) is 0 Å². The lowest BCUT2D eigenvalue weighted by Gasteiger charge is -2.04. The highest BCUT2D eigenvalue weighted by Crippen LogP contribution is 2.28. The summed E-state index contributed by atoms with van der Waals surface area (Å²) in [6.07, 6.45) is 0.493. The van der Waals surface area contributed by atoms with Crippen molar-refractivity contribution in [3.63, 3.8) is 0 Å². The number of thiazole rings is 1. The van der Waals surface area contributed by atoms with Gasteiger partial charge in [-0.05, 0) is 35.9 Å². The maximum Gasteiger partial charge on any atom is 0.275 e. The molecular formula is C17H11BrCl2N2OS. The van der Waals surface area contributed by atoms with E-state index in [1.807, 2.05) is 24.3 Å². The molecule has 0 fully saturated rings. The summed E-state index contributed by atoms with van der Waals surface area (Å²) in [5.41, 5.74) is 1.89. The zero-order valence-electron chi connectivity index (χ0n) is 12.2. The van der Waals surface area contributed by atoms with Gasteiger partial charge in [-0.3, -0.25) is 4.79 Å². The third kappa shape index (κ3) is 4.16. The van der Waals surface area contributed by atoms with E-state index in [0.29, 0.717) is 27.8 Å². The van der Waals surface area contributed by atoms with E-state index < -0.39 is 0 Å². The number of halogens is 3. The van der Waals surface area contributed by atoms with Crippen molar-refractivity contribution in [2.45, 2.75) is 6.42 Å². The molecule has 24 heavy (non-hydrogen) atoms. The molecule has 0 aliphatic heterocycles. The lowest BCUT2D eigenvalue weighted by atomic mass is 10.1. The normalized spacial score (nSPS) is 10.6. The predicted molar refractivity (Wildman–Crippen MR) is 103 cm³/mol. The summed E-state index contributed by atoms with van der Waals surface area (Å²) in [5.74, 6) is -0.249. The minimum Gasteiger partial charge on any atom is -0.321 e. The number of amides is 1. The van der Waals surface area contributed by atoms with Crippen LogP contribution in [0.25, 0.3) is 0 Å². The van der Waals surface area contributed by atoms with Crippen LogP contribution in [0.5, 0.6) is 0 Å². The van der Waals surface area contributed by atoms with Crippen LogP contribution in [0, 0.1) is 0 Å². The van der Waals surface area contributed by atoms with E-state index in [0.717, 1.165) is 15.0 Å². The van der Waals surface area contributed by atoms with Gasteiger partial charge in [0, 0.05) is 32.0 Å². The summed E-state index contributed by atoms with van der Waals surface area (Å²) in [6, 6.07) is 12.8. The van der Waals surface area contributed by atoms with Crippen molar-refractivity contribution < 1.29 is 4.79 Å². The smallest absolute Gasteiger partial charge is 0.275 e. The van der Waals surface area contributed by atoms with Crippen molar-refractivity contribution >= 4 is 62.1 Å². The van der Waals surface area contributed by atoms with Crippen LogP contribution in [0.3, 0.4) is 0 Å². The minimum absolute atomic E-state index is 0.249. The van der Waals surface area contributed by atoms with Crippen molar-refractivity contribution in [2.24, 2.45) is 0 Å². The summed E-state index contributed by atoms with van der Waals surface area (Å²) in [7, 11) is 0. The van der Waals surface area contributed by atoms with Gasteiger partial charge in [-0.25, -0.2) is 4.98 Å². The fourth-order valence-corrected chi connectivity index (χ4v) is 3.83. The van der Waals surface area contributed by atoms with Crippen LogP contribution in [0.2, 0.25) is 10.0 Å². The molecule has 122 valence electrons. The van der Waals surface area contributed by atoms with Crippen LogP contribution in [0.15, 0.2) is 52.3 Å². The molecule has 7 heteroatoms. The Morgan fingerprint density at radius 3 is 2.58 bits per heavy atom. The first-order valence-electron chi connectivity index (χ1n) is 6.97. The molecule has 1 aromatic heterocycles. The zero-order valence-corrected chi connectivity index (χ0v) is 16.1. The van der Waals surface area contributed by atoms with Gasteiger partial charge in [-0.1, -0.05) is 51.3 Å². The second-order valence-electron chi connectivity index (χ2n) is 4.97. The monoisotopic (exact) mass is 440 g/mol. The summed E-state index contributed by atoms with van der Waals surface area (Å²) in [6.45, 7) is 0. The van der Waals surface area contributed by atoms with Crippen LogP contribution in [0.4, 0.5) is 5.69 Å². The Morgan fingerprint density at radius 1 is 1.17 bits per heavy atom. The Kier molecular flexibility index (Phi) is 5.56. The number of carbonyl (C=O) groups excluding carboxylic acids is 1. The van der Waals surface area contributed by atoms with Crippen LogP contribution in [0.1, 0.15) is 21.1 Å². The fourth-order valence-electron chi connectivity index (χ4n) is 2.11. The maximum atomic E-state index is 12.3. The standard InChI is InChI=1S/C17H11BrCl2N2OS/c18-10-3-1-4-11(7-10)21-17(23)15-9-24-16(22-15)8-12-13(19)5-2-6-14(12)20/h1-7,9H,8H2,(H,21,23). The van der Waals surface area contributed by atoms with Gasteiger partial charge in [0.15, 0.2) is 0 Å². The Bertz CT molecular complexity index is 878. The molecule has 0 spiro atoms. The van der Waals surface area contributed by atoms with Crippen molar-refractivity contribution in [1.82, 2.24) is 4.98 Å². The first kappa shape index (κ1) is 17.4. The number of rotatable bonds is 4. The van der Waals surface area contributed by atoms with Gasteiger partial charge in [0.1, 0.15) is 5.69 Å². The average molecular weight is 442 g/mol. The minimum atomic E-state index is -0.249. The van der Waals surface area contributed by atoms with Gasteiger partial charge in [0.2, 0.25) is 0 Å². The van der Waals surface area contributed by atoms with Crippen LogP contribution in [-0.4, -0.2) is 10.9 Å². The molecule has 0 aliphatic rings. The molecule has 3 nitrogen and oxygen atoms in total. The Labute approximate surface area is 161 Å². The van der Waals surface area contributed by atoms with Gasteiger partial charge >= 0.3 is 0 Å². The number of hydrogen-bond donors (Lipinski definition) is 1. The highest BCUT2D eigenvalue weighted by molar-refractivity contribution is 9.10. The Hall–Kier alpha value is -1.40. The summed E-state index contributed by atoms with van der Waals surface area (Å²) < 4.78 is 0.896. The van der Waals surface area contributed by atoms with Crippen molar-refractivity contribution in [1.29, 1.82) is 0 Å². The van der Waals surface area contributed by atoms with Gasteiger partial charge < -0.3 is 5.32 Å². The largest absolute Gasteiger partial charge is 0.321 e. The fraction of sp³-hybridized carbons (Fsp3) is 0.0588. The number of hydrogen-bond acceptors (Lipinski definition) is 3. The quantitative estimate of drug-likeness (QED) is 0.534. The molecule has 3 aromatic rings. The molecule has 1 N–H and O–H groups in total. The predicted octanol–water partition coefficient (Wildman–Crippen LogP) is 6.06. The van der Waals surface area contributed by atoms with Crippen LogP contribution < -0.4 is 5.32 Å². The highest BCUT2D eigenvalue weighted by atomic mass is 79.9. The van der Waals surface area contributed by atoms with Crippen molar-refractivity contribution in [3.05, 3.63) is 78.6 Å². The van der Waals surface area contributed by atoms with E-state index in [1.165, 1.54) is 11.3 Å². The first-order valence-corrected chi connectivity index (χ1v) is 9.40. The van der Waals surface area contributed by atoms with Gasteiger partial charge in [0.25, 0.3) is 5.91 Å². The third-order valence-corrected chi connectivity index (χ3v) is 5.31. The average Bonchev–Trinajstić information content (AvgIpc) is 3.00. The van der Waals surface area contributed by atoms with Gasteiger partial charge in [0.05, 0.1) is 5.01 Å². The van der Waals surface area contributed by atoms with Crippen LogP contribution >= 0.6 is 50.5 Å². The van der Waals surface area contributed by atoms with Crippen LogP contribution in [-0.2, 0) is 6.42 Å². The summed E-state index contributed by atoms with van der Waals surface area (Å²) in [5, 5.41) is 6.52. The number of anilines is 1. The molecule has 0 aliphatic carbocycles. The molecule has 0 radical (unpaired) electrons. The van der Waals surface area contributed by atoms with E-state index >= 15 is 0 Å². The molecule has 0 unspecified atom stereocenters. The molecule has 0 atom stereocenters. The third-order valence-electron chi connectivity index (χ3n) is 3.26. The number of nitrogens with one attached hydrogen (secondary N) is 1. The topological polar surface area (TPSA) is 42.0 Å². The summed E-state index contributed by atoms with van der Waals surface area (Å²) in [4.78, 5) is 16.7. The summed E-state index contributed by atoms with van der Waals surface area (Å²) >= 11 is 17.1. The van der Waals surface area contributed by atoms with Crippen molar-refractivity contribution in [2.75, 3.05) is 5.32 Å². The number of carbonyl (C=O) groups is 1. The van der Waals surface area contributed by atoms with E-state index in [1.54, 1.807) is 23.6 Å². The van der Waals surface area contributed by atoms with E-state index in [2.05, 4.69) is 26.2 Å². The molecule has 1 heterocycles. The second kappa shape index (κ2) is 7.66. The molecular weight excluding hydrogens is 431 g/mol. The molecule has 0 saturated carbocycles. The van der Waals surface area contributed by atoms with E-state index in [-0.39, 0.29) is 5.91 Å². The zero-order chi connectivity index (χ0) is 17.1. The van der Waals surface area contributed by atoms with E-state index in [9.17, 15) is 4.79 Å². The lowest BCUT2D eigenvalue weighted by Crippen LogP contribution is -2.12. The number of nitrogens with zero attached hydrogens (tertiary/aromatic N) is 1. The second-order valence-corrected chi connectivity index (χ2v) is 7.64.